The molecular weight excluding hydrogens is 504 g/mol. The average molecular weight is 557 g/mol. The molecule has 7 N–H and O–H groups in total. The first-order valence-corrected chi connectivity index (χ1v) is 13.4. The van der Waals surface area contributed by atoms with Crippen molar-refractivity contribution in [2.24, 2.45) is 16.2 Å². The number of aliphatic hydroxyl groups excluding tert-OH is 6. The van der Waals surface area contributed by atoms with Crippen molar-refractivity contribution in [1.29, 1.82) is 0 Å². The van der Waals surface area contributed by atoms with Gasteiger partial charge >= 0.3 is 5.97 Å². The fourth-order valence-electron chi connectivity index (χ4n) is 3.22. The van der Waals surface area contributed by atoms with Gasteiger partial charge in [0.2, 0.25) is 0 Å². The zero-order valence-corrected chi connectivity index (χ0v) is 24.0. The Kier molecular flexibility index (Phi) is 21.7. The summed E-state index contributed by atoms with van der Waals surface area (Å²) in [6.45, 7) is 12.6. The fraction of sp³-hybridized carbons (Fsp3) is 0.633. The predicted molar refractivity (Wildman–Crippen MR) is 154 cm³/mol. The predicted octanol–water partition coefficient (Wildman–Crippen LogP) is 2.67. The number of hydrogen-bond donors (Lipinski definition) is 7. The minimum Gasteiger partial charge on any atom is -0.481 e. The van der Waals surface area contributed by atoms with Crippen molar-refractivity contribution in [3.8, 4) is 0 Å². The number of aliphatic carboxylic acids is 1. The van der Waals surface area contributed by atoms with E-state index in [9.17, 15) is 15.0 Å². The number of benzene rings is 1. The lowest BCUT2D eigenvalue weighted by Crippen LogP contribution is -2.37. The van der Waals surface area contributed by atoms with E-state index in [1.807, 2.05) is 32.1 Å². The summed E-state index contributed by atoms with van der Waals surface area (Å²) in [5.41, 5.74) is 0.176. The number of aliphatic hydroxyl groups is 6. The molecule has 0 radical (unpaired) electrons. The van der Waals surface area contributed by atoms with E-state index in [4.69, 9.17) is 30.3 Å². The van der Waals surface area contributed by atoms with Crippen LogP contribution in [0.1, 0.15) is 57.6 Å². The van der Waals surface area contributed by atoms with Crippen LogP contribution in [0.3, 0.4) is 0 Å². The Bertz CT molecular complexity index is 740. The zero-order valence-electron chi connectivity index (χ0n) is 24.0. The topological polar surface area (TPSA) is 168 Å². The molecule has 0 saturated heterocycles. The van der Waals surface area contributed by atoms with Gasteiger partial charge in [0.25, 0.3) is 0 Å². The molecule has 0 aromatic heterocycles. The van der Waals surface area contributed by atoms with Crippen LogP contribution in [0, 0.1) is 16.2 Å². The highest BCUT2D eigenvalue weighted by Gasteiger charge is 2.35. The number of rotatable bonds is 18. The number of aryl methyl sites for hydroxylation is 1. The molecule has 226 valence electrons. The maximum absolute atomic E-state index is 10.4. The zero-order chi connectivity index (χ0) is 30.4. The van der Waals surface area contributed by atoms with Crippen molar-refractivity contribution >= 4 is 12.0 Å². The van der Waals surface area contributed by atoms with E-state index in [2.05, 4.69) is 25.3 Å². The SMILES string of the molecule is C=CCOCC(CC)(CO)CO.C=Cc1ccc(CCC(CC)(CO)CO)cc1.CCC(CO)(CO)C(=O)O. The van der Waals surface area contributed by atoms with E-state index in [1.54, 1.807) is 13.0 Å². The normalized spacial score (nSPS) is 11.5. The Morgan fingerprint density at radius 1 is 0.795 bits per heavy atom. The average Bonchev–Trinajstić information content (AvgIpc) is 2.99. The van der Waals surface area contributed by atoms with Crippen LogP contribution >= 0.6 is 0 Å². The van der Waals surface area contributed by atoms with E-state index >= 15 is 0 Å². The smallest absolute Gasteiger partial charge is 0.314 e. The molecule has 1 aromatic carbocycles. The van der Waals surface area contributed by atoms with Crippen LogP contribution in [0.25, 0.3) is 6.08 Å². The van der Waals surface area contributed by atoms with Crippen molar-refractivity contribution in [2.45, 2.75) is 52.9 Å². The molecule has 0 aliphatic carbocycles. The first kappa shape index (κ1) is 39.0. The number of carboxylic acid groups (broad SMARTS) is 1. The molecule has 0 unspecified atom stereocenters. The lowest BCUT2D eigenvalue weighted by molar-refractivity contribution is -0.154. The van der Waals surface area contributed by atoms with Crippen molar-refractivity contribution in [3.05, 3.63) is 54.6 Å². The summed E-state index contributed by atoms with van der Waals surface area (Å²) in [5, 5.41) is 62.5. The second-order valence-corrected chi connectivity index (χ2v) is 9.84. The minimum atomic E-state index is -1.35. The van der Waals surface area contributed by atoms with Crippen molar-refractivity contribution in [3.63, 3.8) is 0 Å². The Balaban J connectivity index is 0. The van der Waals surface area contributed by atoms with Crippen molar-refractivity contribution < 1.29 is 45.3 Å². The standard InChI is InChI=1S/C15H22O2.C9H18O3.C6H12O4/c1-3-13-5-7-14(8-6-13)9-10-15(4-2,11-16)12-17;1-3-5-12-8-9(4-2,6-10)7-11;1-2-6(3-7,4-8)5(9)10/h3,5-8,16-17H,1,4,9-12H2,2H3;3,10-11H,1,4-8H2,2H3;7-8H,2-4H2,1H3,(H,9,10). The van der Waals surface area contributed by atoms with E-state index in [-0.39, 0.29) is 38.3 Å². The van der Waals surface area contributed by atoms with Gasteiger partial charge in [0.1, 0.15) is 5.41 Å². The lowest BCUT2D eigenvalue weighted by Gasteiger charge is -2.28. The second kappa shape index (κ2) is 21.7. The summed E-state index contributed by atoms with van der Waals surface area (Å²) in [5.74, 6) is -1.15. The van der Waals surface area contributed by atoms with Gasteiger partial charge in [-0.25, -0.2) is 0 Å². The second-order valence-electron chi connectivity index (χ2n) is 9.84. The Labute approximate surface area is 234 Å². The van der Waals surface area contributed by atoms with Crippen LogP contribution in [0.4, 0.5) is 0 Å². The van der Waals surface area contributed by atoms with Gasteiger partial charge in [-0.1, -0.05) is 63.8 Å². The molecule has 0 fully saturated rings. The monoisotopic (exact) mass is 556 g/mol. The Hall–Kier alpha value is -2.11. The molecule has 0 atom stereocenters. The van der Waals surface area contributed by atoms with Crippen LogP contribution < -0.4 is 0 Å². The van der Waals surface area contributed by atoms with Gasteiger partial charge in [0.15, 0.2) is 0 Å². The van der Waals surface area contributed by atoms with Gasteiger partial charge in [-0.15, -0.1) is 6.58 Å². The third kappa shape index (κ3) is 13.7. The summed E-state index contributed by atoms with van der Waals surface area (Å²) >= 11 is 0. The van der Waals surface area contributed by atoms with Gasteiger partial charge in [-0.3, -0.25) is 4.79 Å². The highest BCUT2D eigenvalue weighted by molar-refractivity contribution is 5.74. The van der Waals surface area contributed by atoms with E-state index < -0.39 is 30.0 Å². The Morgan fingerprint density at radius 2 is 1.28 bits per heavy atom. The van der Waals surface area contributed by atoms with Crippen molar-refractivity contribution in [2.75, 3.05) is 52.9 Å². The molecule has 9 heteroatoms. The molecule has 0 saturated carbocycles. The molecule has 1 aromatic rings. The van der Waals surface area contributed by atoms with Crippen LogP contribution in [0.5, 0.6) is 0 Å². The summed E-state index contributed by atoms with van der Waals surface area (Å²) in [6, 6.07) is 8.22. The summed E-state index contributed by atoms with van der Waals surface area (Å²) in [6.07, 6.45) is 6.89. The van der Waals surface area contributed by atoms with Crippen LogP contribution in [-0.4, -0.2) is 94.6 Å². The molecule has 0 heterocycles. The minimum absolute atomic E-state index is 0.0445. The first-order chi connectivity index (χ1) is 18.6. The summed E-state index contributed by atoms with van der Waals surface area (Å²) < 4.78 is 5.18. The molecule has 39 heavy (non-hydrogen) atoms. The molecule has 0 amide bonds. The highest BCUT2D eigenvalue weighted by atomic mass is 16.5. The van der Waals surface area contributed by atoms with Crippen LogP contribution in [-0.2, 0) is 16.0 Å². The van der Waals surface area contributed by atoms with Gasteiger partial charge in [-0.05, 0) is 43.2 Å². The fourth-order valence-corrected chi connectivity index (χ4v) is 3.22. The molecule has 0 spiro atoms. The van der Waals surface area contributed by atoms with E-state index in [0.29, 0.717) is 19.6 Å². The summed E-state index contributed by atoms with van der Waals surface area (Å²) in [4.78, 5) is 10.4. The number of ether oxygens (including phenoxy) is 1. The van der Waals surface area contributed by atoms with Crippen LogP contribution in [0.2, 0.25) is 0 Å². The van der Waals surface area contributed by atoms with Crippen LogP contribution in [0.15, 0.2) is 43.5 Å². The maximum Gasteiger partial charge on any atom is 0.314 e. The quantitative estimate of drug-likeness (QED) is 0.106. The molecule has 0 aliphatic heterocycles. The van der Waals surface area contributed by atoms with Gasteiger partial charge in [-0.2, -0.15) is 0 Å². The third-order valence-corrected chi connectivity index (χ3v) is 7.38. The largest absolute Gasteiger partial charge is 0.481 e. The molecule has 0 bridgehead atoms. The number of hydrogen-bond acceptors (Lipinski definition) is 8. The molecule has 9 nitrogen and oxygen atoms in total. The van der Waals surface area contributed by atoms with Crippen molar-refractivity contribution in [1.82, 2.24) is 0 Å². The molecular formula is C30H52O9. The van der Waals surface area contributed by atoms with E-state index in [0.717, 1.165) is 24.8 Å². The van der Waals surface area contributed by atoms with Gasteiger partial charge in [0, 0.05) is 10.8 Å². The van der Waals surface area contributed by atoms with Gasteiger partial charge in [0.05, 0.1) is 52.9 Å². The van der Waals surface area contributed by atoms with Gasteiger partial charge < -0.3 is 40.5 Å². The number of carboxylic acids is 1. The molecule has 0 aliphatic rings. The lowest BCUT2D eigenvalue weighted by atomic mass is 9.81. The molecule has 1 rings (SSSR count). The third-order valence-electron chi connectivity index (χ3n) is 7.38. The first-order valence-electron chi connectivity index (χ1n) is 13.4. The number of carbonyl (C=O) groups is 1. The summed E-state index contributed by atoms with van der Waals surface area (Å²) in [7, 11) is 0. The van der Waals surface area contributed by atoms with E-state index in [1.165, 1.54) is 5.56 Å². The Morgan fingerprint density at radius 3 is 1.56 bits per heavy atom. The maximum atomic E-state index is 10.4. The highest BCUT2D eigenvalue weighted by Crippen LogP contribution is 2.27.